The average Bonchev–Trinajstić information content (AvgIpc) is 2.28. The lowest BCUT2D eigenvalue weighted by Gasteiger charge is -2.09. The first-order chi connectivity index (χ1) is 7.63. The molecule has 1 aromatic rings. The first kappa shape index (κ1) is 12.3. The van der Waals surface area contributed by atoms with Gasteiger partial charge in [0.25, 0.3) is 0 Å². The Balaban J connectivity index is 2.46. The number of carboxylic acids is 1. The Bertz CT molecular complexity index is 340. The standard InChI is InChI=1S/C10H15N3O3/c1-2-16-9-4-3-7(5-13-9)12-6-8(11)10(14)15/h3-5,8,12H,2,6,11H2,1H3,(H,14,15). The van der Waals surface area contributed by atoms with Crippen molar-refractivity contribution in [1.82, 2.24) is 4.98 Å². The SMILES string of the molecule is CCOc1ccc(NCC(N)C(=O)O)cn1. The van der Waals surface area contributed by atoms with Gasteiger partial charge in [0.05, 0.1) is 18.5 Å². The van der Waals surface area contributed by atoms with Crippen molar-refractivity contribution in [2.75, 3.05) is 18.5 Å². The van der Waals surface area contributed by atoms with Gasteiger partial charge in [-0.05, 0) is 13.0 Å². The molecule has 88 valence electrons. The van der Waals surface area contributed by atoms with Gasteiger partial charge >= 0.3 is 5.97 Å². The fourth-order valence-corrected chi connectivity index (χ4v) is 1.03. The van der Waals surface area contributed by atoms with Crippen molar-refractivity contribution < 1.29 is 14.6 Å². The number of rotatable bonds is 6. The monoisotopic (exact) mass is 225 g/mol. The number of carboxylic acid groups (broad SMARTS) is 1. The van der Waals surface area contributed by atoms with Crippen molar-refractivity contribution in [3.63, 3.8) is 0 Å². The average molecular weight is 225 g/mol. The zero-order chi connectivity index (χ0) is 12.0. The molecular weight excluding hydrogens is 210 g/mol. The van der Waals surface area contributed by atoms with Crippen LogP contribution in [0.4, 0.5) is 5.69 Å². The summed E-state index contributed by atoms with van der Waals surface area (Å²) in [6.07, 6.45) is 1.57. The minimum absolute atomic E-state index is 0.158. The quantitative estimate of drug-likeness (QED) is 0.644. The molecule has 1 atom stereocenters. The van der Waals surface area contributed by atoms with E-state index in [9.17, 15) is 4.79 Å². The van der Waals surface area contributed by atoms with Crippen LogP contribution in [-0.2, 0) is 4.79 Å². The highest BCUT2D eigenvalue weighted by Crippen LogP contribution is 2.11. The number of aliphatic carboxylic acids is 1. The molecule has 0 aromatic carbocycles. The van der Waals surface area contributed by atoms with E-state index < -0.39 is 12.0 Å². The molecule has 16 heavy (non-hydrogen) atoms. The van der Waals surface area contributed by atoms with Gasteiger partial charge in [-0.2, -0.15) is 0 Å². The number of carbonyl (C=O) groups is 1. The third-order valence-electron chi connectivity index (χ3n) is 1.87. The van der Waals surface area contributed by atoms with Gasteiger partial charge in [-0.15, -0.1) is 0 Å². The zero-order valence-corrected chi connectivity index (χ0v) is 9.01. The largest absolute Gasteiger partial charge is 0.480 e. The fourth-order valence-electron chi connectivity index (χ4n) is 1.03. The minimum atomic E-state index is -1.04. The Kier molecular flexibility index (Phi) is 4.53. The lowest BCUT2D eigenvalue weighted by Crippen LogP contribution is -2.36. The van der Waals surface area contributed by atoms with Crippen LogP contribution in [0.5, 0.6) is 5.88 Å². The first-order valence-corrected chi connectivity index (χ1v) is 4.94. The number of hydrogen-bond donors (Lipinski definition) is 3. The summed E-state index contributed by atoms with van der Waals surface area (Å²) in [5.41, 5.74) is 6.04. The van der Waals surface area contributed by atoms with Crippen LogP contribution in [0.15, 0.2) is 18.3 Å². The predicted octanol–water partition coefficient (Wildman–Crippen LogP) is 0.304. The smallest absolute Gasteiger partial charge is 0.322 e. The highest BCUT2D eigenvalue weighted by atomic mass is 16.5. The van der Waals surface area contributed by atoms with Gasteiger partial charge in [0.1, 0.15) is 6.04 Å². The second kappa shape index (κ2) is 5.92. The second-order valence-electron chi connectivity index (χ2n) is 3.14. The molecule has 0 saturated heterocycles. The lowest BCUT2D eigenvalue weighted by atomic mass is 10.3. The van der Waals surface area contributed by atoms with E-state index in [2.05, 4.69) is 10.3 Å². The molecule has 0 fully saturated rings. The van der Waals surface area contributed by atoms with Crippen LogP contribution in [0.1, 0.15) is 6.92 Å². The topological polar surface area (TPSA) is 97.5 Å². The Morgan fingerprint density at radius 3 is 2.94 bits per heavy atom. The van der Waals surface area contributed by atoms with Gasteiger partial charge in [0.15, 0.2) is 0 Å². The molecular formula is C10H15N3O3. The maximum absolute atomic E-state index is 10.5. The van der Waals surface area contributed by atoms with Crippen molar-refractivity contribution in [3.8, 4) is 5.88 Å². The normalized spacial score (nSPS) is 11.9. The second-order valence-corrected chi connectivity index (χ2v) is 3.14. The number of nitrogens with zero attached hydrogens (tertiary/aromatic N) is 1. The lowest BCUT2D eigenvalue weighted by molar-refractivity contribution is -0.138. The number of hydrogen-bond acceptors (Lipinski definition) is 5. The molecule has 1 aromatic heterocycles. The van der Waals surface area contributed by atoms with Crippen LogP contribution >= 0.6 is 0 Å². The number of nitrogens with two attached hydrogens (primary N) is 1. The predicted molar refractivity (Wildman–Crippen MR) is 59.5 cm³/mol. The number of anilines is 1. The minimum Gasteiger partial charge on any atom is -0.480 e. The van der Waals surface area contributed by atoms with Crippen LogP contribution < -0.4 is 15.8 Å². The first-order valence-electron chi connectivity index (χ1n) is 4.94. The number of aromatic nitrogens is 1. The number of nitrogens with one attached hydrogen (secondary N) is 1. The van der Waals surface area contributed by atoms with Crippen molar-refractivity contribution >= 4 is 11.7 Å². The van der Waals surface area contributed by atoms with E-state index in [0.717, 1.165) is 0 Å². The van der Waals surface area contributed by atoms with E-state index in [1.54, 1.807) is 18.3 Å². The molecule has 4 N–H and O–H groups in total. The molecule has 0 aliphatic heterocycles. The Morgan fingerprint density at radius 2 is 2.44 bits per heavy atom. The van der Waals surface area contributed by atoms with Gasteiger partial charge in [-0.25, -0.2) is 4.98 Å². The molecule has 0 aliphatic carbocycles. The van der Waals surface area contributed by atoms with E-state index in [-0.39, 0.29) is 6.54 Å². The highest BCUT2D eigenvalue weighted by molar-refractivity contribution is 5.74. The van der Waals surface area contributed by atoms with E-state index >= 15 is 0 Å². The molecule has 0 amide bonds. The molecule has 1 unspecified atom stereocenters. The summed E-state index contributed by atoms with van der Waals surface area (Å²) in [6.45, 7) is 2.59. The zero-order valence-electron chi connectivity index (χ0n) is 9.01. The maximum atomic E-state index is 10.5. The van der Waals surface area contributed by atoms with Crippen molar-refractivity contribution in [1.29, 1.82) is 0 Å². The molecule has 1 rings (SSSR count). The van der Waals surface area contributed by atoms with Gasteiger partial charge in [-0.1, -0.05) is 0 Å². The molecule has 0 spiro atoms. The van der Waals surface area contributed by atoms with Gasteiger partial charge < -0.3 is 20.9 Å². The van der Waals surface area contributed by atoms with Crippen LogP contribution in [0.2, 0.25) is 0 Å². The number of pyridine rings is 1. The van der Waals surface area contributed by atoms with Gasteiger partial charge in [0, 0.05) is 12.6 Å². The summed E-state index contributed by atoms with van der Waals surface area (Å²) < 4.78 is 5.17. The highest BCUT2D eigenvalue weighted by Gasteiger charge is 2.10. The van der Waals surface area contributed by atoms with E-state index in [1.165, 1.54) is 0 Å². The maximum Gasteiger partial charge on any atom is 0.322 e. The van der Waals surface area contributed by atoms with Crippen LogP contribution in [0, 0.1) is 0 Å². The summed E-state index contributed by atoms with van der Waals surface area (Å²) in [5, 5.41) is 11.4. The molecule has 0 radical (unpaired) electrons. The molecule has 0 saturated carbocycles. The third kappa shape index (κ3) is 3.74. The van der Waals surface area contributed by atoms with Crippen LogP contribution in [0.25, 0.3) is 0 Å². The Labute approximate surface area is 93.4 Å². The Morgan fingerprint density at radius 1 is 1.69 bits per heavy atom. The molecule has 1 heterocycles. The summed E-state index contributed by atoms with van der Waals surface area (Å²) >= 11 is 0. The molecule has 0 aliphatic rings. The summed E-state index contributed by atoms with van der Waals surface area (Å²) in [7, 11) is 0. The summed E-state index contributed by atoms with van der Waals surface area (Å²) in [6, 6.07) is 2.54. The van der Waals surface area contributed by atoms with Gasteiger partial charge in [-0.3, -0.25) is 4.79 Å². The van der Waals surface area contributed by atoms with Crippen molar-refractivity contribution in [2.24, 2.45) is 5.73 Å². The van der Waals surface area contributed by atoms with Crippen LogP contribution in [0.3, 0.4) is 0 Å². The fraction of sp³-hybridized carbons (Fsp3) is 0.400. The third-order valence-corrected chi connectivity index (χ3v) is 1.87. The van der Waals surface area contributed by atoms with Crippen molar-refractivity contribution in [2.45, 2.75) is 13.0 Å². The van der Waals surface area contributed by atoms with Gasteiger partial charge in [0.2, 0.25) is 5.88 Å². The number of ether oxygens (including phenoxy) is 1. The van der Waals surface area contributed by atoms with E-state index in [0.29, 0.717) is 18.2 Å². The summed E-state index contributed by atoms with van der Waals surface area (Å²) in [4.78, 5) is 14.5. The van der Waals surface area contributed by atoms with E-state index in [1.807, 2.05) is 6.92 Å². The molecule has 6 heteroatoms. The Hall–Kier alpha value is -1.82. The molecule has 0 bridgehead atoms. The van der Waals surface area contributed by atoms with Crippen molar-refractivity contribution in [3.05, 3.63) is 18.3 Å². The van der Waals surface area contributed by atoms with E-state index in [4.69, 9.17) is 15.6 Å². The molecule has 6 nitrogen and oxygen atoms in total. The summed E-state index contributed by atoms with van der Waals surface area (Å²) in [5.74, 6) is -0.498. The van der Waals surface area contributed by atoms with Crippen LogP contribution in [-0.4, -0.2) is 35.3 Å².